The van der Waals surface area contributed by atoms with Crippen LogP contribution in [0, 0.1) is 0 Å². The number of rotatable bonds is 4. The molecule has 0 aliphatic heterocycles. The van der Waals surface area contributed by atoms with Gasteiger partial charge >= 0.3 is 0 Å². The van der Waals surface area contributed by atoms with Crippen LogP contribution in [0.15, 0.2) is 30.5 Å². The zero-order chi connectivity index (χ0) is 13.1. The molecular formula is C13H16N4S. The third-order valence-corrected chi connectivity index (χ3v) is 2.92. The molecule has 18 heavy (non-hydrogen) atoms. The molecule has 0 atom stereocenters. The first kappa shape index (κ1) is 12.6. The number of thiocarbonyl (C=S) groups is 1. The van der Waals surface area contributed by atoms with Crippen molar-refractivity contribution in [2.75, 3.05) is 5.32 Å². The second-order valence-electron chi connectivity index (χ2n) is 4.08. The molecule has 0 aliphatic carbocycles. The number of aryl methyl sites for hydroxylation is 2. The van der Waals surface area contributed by atoms with Crippen molar-refractivity contribution < 1.29 is 0 Å². The van der Waals surface area contributed by atoms with Gasteiger partial charge in [0.25, 0.3) is 0 Å². The lowest BCUT2D eigenvalue weighted by atomic mass is 10.2. The van der Waals surface area contributed by atoms with Crippen molar-refractivity contribution in [3.8, 4) is 0 Å². The molecule has 0 saturated heterocycles. The molecule has 0 aliphatic rings. The summed E-state index contributed by atoms with van der Waals surface area (Å²) < 4.78 is 1.81. The largest absolute Gasteiger partial charge is 0.389 e. The molecule has 3 N–H and O–H groups in total. The Labute approximate surface area is 112 Å². The van der Waals surface area contributed by atoms with Crippen LogP contribution >= 0.6 is 12.2 Å². The summed E-state index contributed by atoms with van der Waals surface area (Å²) in [6.45, 7) is 2.09. The van der Waals surface area contributed by atoms with Gasteiger partial charge in [0.05, 0.1) is 11.4 Å². The molecule has 2 rings (SSSR count). The maximum absolute atomic E-state index is 5.56. The molecule has 1 aromatic heterocycles. The quantitative estimate of drug-likeness (QED) is 0.829. The Morgan fingerprint density at radius 1 is 1.39 bits per heavy atom. The maximum atomic E-state index is 5.56. The summed E-state index contributed by atoms with van der Waals surface area (Å²) in [4.78, 5) is 0.414. The summed E-state index contributed by atoms with van der Waals surface area (Å²) in [7, 11) is 1.92. The second-order valence-corrected chi connectivity index (χ2v) is 4.52. The Bertz CT molecular complexity index is 557. The highest BCUT2D eigenvalue weighted by Gasteiger charge is 2.05. The van der Waals surface area contributed by atoms with Crippen LogP contribution in [0.3, 0.4) is 0 Å². The molecule has 0 amide bonds. The van der Waals surface area contributed by atoms with Gasteiger partial charge in [0.15, 0.2) is 0 Å². The molecular weight excluding hydrogens is 244 g/mol. The Balaban J connectivity index is 2.20. The average molecular weight is 260 g/mol. The van der Waals surface area contributed by atoms with Gasteiger partial charge in [0, 0.05) is 24.5 Å². The Kier molecular flexibility index (Phi) is 3.62. The minimum absolute atomic E-state index is 0.414. The van der Waals surface area contributed by atoms with Crippen molar-refractivity contribution in [2.45, 2.75) is 13.3 Å². The molecule has 4 nitrogen and oxygen atoms in total. The van der Waals surface area contributed by atoms with Gasteiger partial charge in [-0.25, -0.2) is 0 Å². The van der Waals surface area contributed by atoms with Crippen LogP contribution in [-0.2, 0) is 13.5 Å². The second kappa shape index (κ2) is 5.18. The van der Waals surface area contributed by atoms with Gasteiger partial charge in [-0.3, -0.25) is 4.68 Å². The van der Waals surface area contributed by atoms with E-state index < -0.39 is 0 Å². The minimum atomic E-state index is 0.414. The molecule has 94 valence electrons. The zero-order valence-corrected chi connectivity index (χ0v) is 11.3. The highest BCUT2D eigenvalue weighted by atomic mass is 32.1. The smallest absolute Gasteiger partial charge is 0.103 e. The Morgan fingerprint density at radius 3 is 2.61 bits per heavy atom. The molecule has 0 saturated carbocycles. The zero-order valence-electron chi connectivity index (χ0n) is 10.5. The standard InChI is InChI=1S/C13H16N4S/c1-3-11-12(8-17(2)16-11)15-10-6-4-9(5-7-10)13(14)18/h4-8,15H,3H2,1-2H3,(H2,14,18). The fourth-order valence-corrected chi connectivity index (χ4v) is 1.91. The average Bonchev–Trinajstić information content (AvgIpc) is 2.70. The van der Waals surface area contributed by atoms with Gasteiger partial charge in [-0.2, -0.15) is 5.10 Å². The normalized spacial score (nSPS) is 10.3. The molecule has 2 aromatic rings. The van der Waals surface area contributed by atoms with Crippen molar-refractivity contribution in [2.24, 2.45) is 12.8 Å². The molecule has 5 heteroatoms. The van der Waals surface area contributed by atoms with E-state index in [1.165, 1.54) is 0 Å². The molecule has 1 aromatic carbocycles. The van der Waals surface area contributed by atoms with E-state index in [0.29, 0.717) is 4.99 Å². The highest BCUT2D eigenvalue weighted by molar-refractivity contribution is 7.80. The monoisotopic (exact) mass is 260 g/mol. The first-order valence-corrected chi connectivity index (χ1v) is 6.20. The maximum Gasteiger partial charge on any atom is 0.103 e. The van der Waals surface area contributed by atoms with Crippen LogP contribution in [0.2, 0.25) is 0 Å². The topological polar surface area (TPSA) is 55.9 Å². The van der Waals surface area contributed by atoms with Gasteiger partial charge in [-0.05, 0) is 30.7 Å². The van der Waals surface area contributed by atoms with E-state index in [9.17, 15) is 0 Å². The molecule has 0 fully saturated rings. The minimum Gasteiger partial charge on any atom is -0.389 e. The van der Waals surface area contributed by atoms with Crippen molar-refractivity contribution in [1.82, 2.24) is 9.78 Å². The van der Waals surface area contributed by atoms with E-state index >= 15 is 0 Å². The van der Waals surface area contributed by atoms with Gasteiger partial charge < -0.3 is 11.1 Å². The first-order chi connectivity index (χ1) is 8.60. The molecule has 0 radical (unpaired) electrons. The van der Waals surface area contributed by atoms with Crippen molar-refractivity contribution in [1.29, 1.82) is 0 Å². The predicted molar refractivity (Wildman–Crippen MR) is 78.2 cm³/mol. The number of hydrogen-bond donors (Lipinski definition) is 2. The third kappa shape index (κ3) is 2.68. The number of nitrogens with two attached hydrogens (primary N) is 1. The predicted octanol–water partition coefficient (Wildman–Crippen LogP) is 2.36. The van der Waals surface area contributed by atoms with E-state index in [-0.39, 0.29) is 0 Å². The van der Waals surface area contributed by atoms with E-state index in [1.807, 2.05) is 42.2 Å². The number of hydrogen-bond acceptors (Lipinski definition) is 3. The Hall–Kier alpha value is -1.88. The lowest BCUT2D eigenvalue weighted by Gasteiger charge is -2.06. The molecule has 0 bridgehead atoms. The SMILES string of the molecule is CCc1nn(C)cc1Nc1ccc(C(N)=S)cc1. The molecule has 0 spiro atoms. The van der Waals surface area contributed by atoms with E-state index in [1.54, 1.807) is 0 Å². The number of aromatic nitrogens is 2. The van der Waals surface area contributed by atoms with Crippen molar-refractivity contribution in [3.63, 3.8) is 0 Å². The van der Waals surface area contributed by atoms with Crippen LogP contribution in [0.25, 0.3) is 0 Å². The number of benzene rings is 1. The summed E-state index contributed by atoms with van der Waals surface area (Å²) in [6, 6.07) is 7.74. The van der Waals surface area contributed by atoms with Gasteiger partial charge in [0.2, 0.25) is 0 Å². The summed E-state index contributed by atoms with van der Waals surface area (Å²) in [6.07, 6.45) is 2.87. The lowest BCUT2D eigenvalue weighted by Crippen LogP contribution is -2.08. The van der Waals surface area contributed by atoms with Crippen LogP contribution in [0.4, 0.5) is 11.4 Å². The summed E-state index contributed by atoms with van der Waals surface area (Å²) in [5.74, 6) is 0. The number of nitrogens with zero attached hydrogens (tertiary/aromatic N) is 2. The number of anilines is 2. The number of nitrogens with one attached hydrogen (secondary N) is 1. The van der Waals surface area contributed by atoms with Gasteiger partial charge in [-0.15, -0.1) is 0 Å². The fraction of sp³-hybridized carbons (Fsp3) is 0.231. The van der Waals surface area contributed by atoms with Crippen LogP contribution < -0.4 is 11.1 Å². The van der Waals surface area contributed by atoms with E-state index in [4.69, 9.17) is 18.0 Å². The van der Waals surface area contributed by atoms with Gasteiger partial charge in [0.1, 0.15) is 4.99 Å². The van der Waals surface area contributed by atoms with Gasteiger partial charge in [-0.1, -0.05) is 19.1 Å². The Morgan fingerprint density at radius 2 is 2.06 bits per heavy atom. The van der Waals surface area contributed by atoms with E-state index in [0.717, 1.165) is 29.1 Å². The van der Waals surface area contributed by atoms with Crippen molar-refractivity contribution in [3.05, 3.63) is 41.7 Å². The fourth-order valence-electron chi connectivity index (χ4n) is 1.77. The first-order valence-electron chi connectivity index (χ1n) is 5.79. The summed E-state index contributed by atoms with van der Waals surface area (Å²) >= 11 is 4.92. The summed E-state index contributed by atoms with van der Waals surface area (Å²) in [5, 5.41) is 7.73. The van der Waals surface area contributed by atoms with Crippen LogP contribution in [0.1, 0.15) is 18.2 Å². The van der Waals surface area contributed by atoms with Crippen LogP contribution in [0.5, 0.6) is 0 Å². The molecule has 0 unspecified atom stereocenters. The lowest BCUT2D eigenvalue weighted by molar-refractivity contribution is 0.746. The summed E-state index contributed by atoms with van der Waals surface area (Å²) in [5.41, 5.74) is 9.52. The third-order valence-electron chi connectivity index (χ3n) is 2.69. The van der Waals surface area contributed by atoms with E-state index in [2.05, 4.69) is 17.3 Å². The van der Waals surface area contributed by atoms with Crippen molar-refractivity contribution >= 4 is 28.6 Å². The molecule has 1 heterocycles. The van der Waals surface area contributed by atoms with Crippen LogP contribution in [-0.4, -0.2) is 14.8 Å². The highest BCUT2D eigenvalue weighted by Crippen LogP contribution is 2.20.